The number of para-hydroxylation sites is 1. The molecule has 0 saturated heterocycles. The molecule has 0 bridgehead atoms. The fourth-order valence-corrected chi connectivity index (χ4v) is 6.00. The lowest BCUT2D eigenvalue weighted by atomic mass is 9.93. The lowest BCUT2D eigenvalue weighted by molar-refractivity contribution is 0.586. The number of rotatable bonds is 2. The van der Waals surface area contributed by atoms with E-state index in [1.54, 1.807) is 11.3 Å². The first-order valence-corrected chi connectivity index (χ1v) is 12.8. The van der Waals surface area contributed by atoms with Gasteiger partial charge in [-0.2, -0.15) is 0 Å². The summed E-state index contributed by atoms with van der Waals surface area (Å²) >= 11 is 1.75. The number of benzene rings is 3. The molecular weight excluding hydrogens is 448 g/mol. The standard InChI is InChI=1S/C31H28N2OS/c1-17-9-7-10-18(2)26(17)23-16-32-24(15-19(23)3)22-12-8-11-20-21-13-14-25-27(29(21)34-28(20)22)33-30(35-25)31(4,5)6/h7-16H,1-6H3. The van der Waals surface area contributed by atoms with E-state index in [-0.39, 0.29) is 5.41 Å². The summed E-state index contributed by atoms with van der Waals surface area (Å²) in [7, 11) is 0. The Morgan fingerprint density at radius 2 is 1.49 bits per heavy atom. The summed E-state index contributed by atoms with van der Waals surface area (Å²) in [5.41, 5.74) is 10.8. The predicted octanol–water partition coefficient (Wildman–Crippen LogP) is 9.15. The molecule has 3 nitrogen and oxygen atoms in total. The van der Waals surface area contributed by atoms with Gasteiger partial charge in [-0.15, -0.1) is 11.3 Å². The van der Waals surface area contributed by atoms with Crippen molar-refractivity contribution in [3.05, 3.63) is 82.5 Å². The maximum Gasteiger partial charge on any atom is 0.162 e. The summed E-state index contributed by atoms with van der Waals surface area (Å²) in [5.74, 6) is 0. The van der Waals surface area contributed by atoms with Crippen LogP contribution in [0.5, 0.6) is 0 Å². The first-order valence-electron chi connectivity index (χ1n) is 12.0. The second-order valence-corrected chi connectivity index (χ2v) is 11.5. The molecule has 0 atom stereocenters. The number of thiazole rings is 1. The van der Waals surface area contributed by atoms with Gasteiger partial charge in [-0.3, -0.25) is 4.98 Å². The third kappa shape index (κ3) is 3.47. The second kappa shape index (κ2) is 7.76. The van der Waals surface area contributed by atoms with Crippen molar-refractivity contribution in [2.24, 2.45) is 0 Å². The molecule has 3 aromatic carbocycles. The smallest absolute Gasteiger partial charge is 0.162 e. The molecule has 0 aliphatic carbocycles. The van der Waals surface area contributed by atoms with Crippen molar-refractivity contribution >= 4 is 43.5 Å². The Morgan fingerprint density at radius 1 is 0.771 bits per heavy atom. The summed E-state index contributed by atoms with van der Waals surface area (Å²) in [6.45, 7) is 13.1. The van der Waals surface area contributed by atoms with Gasteiger partial charge in [0.05, 0.1) is 15.4 Å². The van der Waals surface area contributed by atoms with Gasteiger partial charge in [-0.05, 0) is 67.3 Å². The number of fused-ring (bicyclic) bond motifs is 5. The van der Waals surface area contributed by atoms with Crippen LogP contribution in [0.3, 0.4) is 0 Å². The number of aryl methyl sites for hydroxylation is 3. The predicted molar refractivity (Wildman–Crippen MR) is 148 cm³/mol. The van der Waals surface area contributed by atoms with Gasteiger partial charge in [0.1, 0.15) is 11.1 Å². The highest BCUT2D eigenvalue weighted by Crippen LogP contribution is 2.41. The van der Waals surface area contributed by atoms with Crippen LogP contribution in [0.4, 0.5) is 0 Å². The Hall–Kier alpha value is -3.50. The molecule has 174 valence electrons. The average molecular weight is 477 g/mol. The van der Waals surface area contributed by atoms with E-state index in [0.29, 0.717) is 0 Å². The van der Waals surface area contributed by atoms with Gasteiger partial charge in [0.15, 0.2) is 5.58 Å². The zero-order valence-electron chi connectivity index (χ0n) is 21.0. The van der Waals surface area contributed by atoms with Crippen LogP contribution in [0.1, 0.15) is 42.5 Å². The van der Waals surface area contributed by atoms with Gasteiger partial charge in [-0.25, -0.2) is 4.98 Å². The van der Waals surface area contributed by atoms with E-state index in [2.05, 4.69) is 96.1 Å². The molecule has 4 heteroatoms. The van der Waals surface area contributed by atoms with Crippen LogP contribution in [0.15, 0.2) is 65.2 Å². The lowest BCUT2D eigenvalue weighted by Crippen LogP contribution is -2.09. The number of aromatic nitrogens is 2. The number of hydrogen-bond donors (Lipinski definition) is 0. The number of pyridine rings is 1. The molecule has 0 N–H and O–H groups in total. The summed E-state index contributed by atoms with van der Waals surface area (Å²) in [4.78, 5) is 9.91. The van der Waals surface area contributed by atoms with E-state index < -0.39 is 0 Å². The minimum Gasteiger partial charge on any atom is -0.453 e. The number of nitrogens with zero attached hydrogens (tertiary/aromatic N) is 2. The average Bonchev–Trinajstić information content (AvgIpc) is 3.41. The van der Waals surface area contributed by atoms with E-state index in [9.17, 15) is 0 Å². The van der Waals surface area contributed by atoms with Gasteiger partial charge in [0.2, 0.25) is 0 Å². The van der Waals surface area contributed by atoms with Crippen molar-refractivity contribution in [3.8, 4) is 22.4 Å². The zero-order valence-corrected chi connectivity index (χ0v) is 21.8. The molecule has 3 aromatic heterocycles. The Labute approximate surface area is 209 Å². The molecule has 6 aromatic rings. The van der Waals surface area contributed by atoms with Crippen LogP contribution in [0.2, 0.25) is 0 Å². The topological polar surface area (TPSA) is 38.9 Å². The first kappa shape index (κ1) is 22.0. The van der Waals surface area contributed by atoms with E-state index >= 15 is 0 Å². The van der Waals surface area contributed by atoms with Crippen molar-refractivity contribution in [2.45, 2.75) is 47.0 Å². The minimum atomic E-state index is 0.00579. The summed E-state index contributed by atoms with van der Waals surface area (Å²) in [5, 5.41) is 3.33. The molecule has 0 unspecified atom stereocenters. The highest BCUT2D eigenvalue weighted by Gasteiger charge is 2.22. The molecule has 3 heterocycles. The fourth-order valence-electron chi connectivity index (χ4n) is 4.97. The third-order valence-electron chi connectivity index (χ3n) is 6.80. The van der Waals surface area contributed by atoms with Crippen molar-refractivity contribution in [3.63, 3.8) is 0 Å². The third-order valence-corrected chi connectivity index (χ3v) is 8.25. The van der Waals surface area contributed by atoms with Crippen LogP contribution in [-0.4, -0.2) is 9.97 Å². The summed E-state index contributed by atoms with van der Waals surface area (Å²) in [6, 6.07) is 19.3. The summed E-state index contributed by atoms with van der Waals surface area (Å²) in [6.07, 6.45) is 2.01. The molecule has 35 heavy (non-hydrogen) atoms. The zero-order chi connectivity index (χ0) is 24.5. The van der Waals surface area contributed by atoms with E-state index in [1.165, 1.54) is 27.8 Å². The van der Waals surface area contributed by atoms with E-state index in [4.69, 9.17) is 14.4 Å². The van der Waals surface area contributed by atoms with Crippen molar-refractivity contribution in [1.82, 2.24) is 9.97 Å². The fraction of sp³-hybridized carbons (Fsp3) is 0.226. The minimum absolute atomic E-state index is 0.00579. The Balaban J connectivity index is 1.55. The maximum atomic E-state index is 6.57. The molecule has 0 fully saturated rings. The van der Waals surface area contributed by atoms with Gasteiger partial charge in [-0.1, -0.05) is 51.1 Å². The van der Waals surface area contributed by atoms with Crippen LogP contribution in [-0.2, 0) is 5.41 Å². The van der Waals surface area contributed by atoms with Crippen LogP contribution < -0.4 is 0 Å². The Morgan fingerprint density at radius 3 is 2.20 bits per heavy atom. The van der Waals surface area contributed by atoms with Crippen molar-refractivity contribution in [2.75, 3.05) is 0 Å². The summed E-state index contributed by atoms with van der Waals surface area (Å²) < 4.78 is 7.74. The SMILES string of the molecule is Cc1cc(-c2cccc3c2oc2c3ccc3sc(C(C)(C)C)nc32)ncc1-c1c(C)cccc1C. The second-order valence-electron chi connectivity index (χ2n) is 10.5. The molecule has 0 radical (unpaired) electrons. The molecule has 0 amide bonds. The molecule has 6 rings (SSSR count). The van der Waals surface area contributed by atoms with Crippen LogP contribution in [0.25, 0.3) is 54.5 Å². The lowest BCUT2D eigenvalue weighted by Gasteiger charge is -2.13. The van der Waals surface area contributed by atoms with Gasteiger partial charge in [0, 0.05) is 33.5 Å². The number of hydrogen-bond acceptors (Lipinski definition) is 4. The molecule has 0 aliphatic rings. The monoisotopic (exact) mass is 476 g/mol. The van der Waals surface area contributed by atoms with Crippen molar-refractivity contribution < 1.29 is 4.42 Å². The Bertz CT molecular complexity index is 1740. The van der Waals surface area contributed by atoms with Gasteiger partial charge < -0.3 is 4.42 Å². The molecule has 0 saturated carbocycles. The number of furan rings is 1. The highest BCUT2D eigenvalue weighted by atomic mass is 32.1. The van der Waals surface area contributed by atoms with Crippen LogP contribution >= 0.6 is 11.3 Å². The van der Waals surface area contributed by atoms with Gasteiger partial charge >= 0.3 is 0 Å². The van der Waals surface area contributed by atoms with Crippen LogP contribution in [0, 0.1) is 20.8 Å². The first-order chi connectivity index (χ1) is 16.7. The van der Waals surface area contributed by atoms with Crippen molar-refractivity contribution in [1.29, 1.82) is 0 Å². The van der Waals surface area contributed by atoms with Gasteiger partial charge in [0.25, 0.3) is 0 Å². The highest BCUT2D eigenvalue weighted by molar-refractivity contribution is 7.18. The normalized spacial score (nSPS) is 12.3. The molecule has 0 aliphatic heterocycles. The quantitative estimate of drug-likeness (QED) is 0.250. The molecule has 0 spiro atoms. The van der Waals surface area contributed by atoms with E-state index in [0.717, 1.165) is 48.4 Å². The van der Waals surface area contributed by atoms with E-state index in [1.807, 2.05) is 6.20 Å². The molecular formula is C31H28N2OS. The maximum absolute atomic E-state index is 6.57. The largest absolute Gasteiger partial charge is 0.453 e. The Kier molecular flexibility index (Phi) is 4.87.